The van der Waals surface area contributed by atoms with Gasteiger partial charge in [0.05, 0.1) is 17.6 Å². The molecule has 2 rings (SSSR count). The summed E-state index contributed by atoms with van der Waals surface area (Å²) in [7, 11) is 0.854. The first-order valence-corrected chi connectivity index (χ1v) is 9.58. The molecule has 1 N–H and O–H groups in total. The zero-order valence-electron chi connectivity index (χ0n) is 14.3. The number of anilines is 1. The molecule has 0 atom stereocenters. The predicted octanol–water partition coefficient (Wildman–Crippen LogP) is 3.27. The van der Waals surface area contributed by atoms with E-state index in [0.29, 0.717) is 21.5 Å². The summed E-state index contributed by atoms with van der Waals surface area (Å²) in [4.78, 5) is 12.7. The molecule has 2 aromatic rings. The van der Waals surface area contributed by atoms with Crippen molar-refractivity contribution in [2.24, 2.45) is 0 Å². The van der Waals surface area contributed by atoms with Gasteiger partial charge in [-0.1, -0.05) is 6.07 Å². The van der Waals surface area contributed by atoms with Crippen LogP contribution in [-0.2, 0) is 10.0 Å². The lowest BCUT2D eigenvalue weighted by atomic mass is 10.1. The van der Waals surface area contributed by atoms with Gasteiger partial charge in [-0.2, -0.15) is 0 Å². The van der Waals surface area contributed by atoms with Crippen LogP contribution in [0.3, 0.4) is 0 Å². The van der Waals surface area contributed by atoms with Gasteiger partial charge in [0.25, 0.3) is 5.91 Å². The summed E-state index contributed by atoms with van der Waals surface area (Å²) in [5.41, 5.74) is 1.58. The Balaban J connectivity index is 2.39. The minimum absolute atomic E-state index is 0.114. The highest BCUT2D eigenvalue weighted by Crippen LogP contribution is 2.26. The number of nitrogens with one attached hydrogen (secondary N) is 1. The Kier molecular flexibility index (Phi) is 5.87. The van der Waals surface area contributed by atoms with Gasteiger partial charge in [0.2, 0.25) is 10.0 Å². The van der Waals surface area contributed by atoms with E-state index in [1.54, 1.807) is 31.2 Å². The number of carbonyl (C=O) groups excluding carboxylic acids is 1. The van der Waals surface area contributed by atoms with Gasteiger partial charge in [0.1, 0.15) is 5.75 Å². The van der Waals surface area contributed by atoms with Crippen LogP contribution >= 0.6 is 15.9 Å². The standard InChI is InChI=1S/C17H19BrN2O4S/c1-11-5-7-13(25(22,23)20(2)3)10-16(11)19-17(21)14-9-12(24-4)6-8-15(14)18/h5-10H,1-4H3,(H,19,21). The maximum atomic E-state index is 12.6. The first kappa shape index (κ1) is 19.4. The number of methoxy groups -OCH3 is 1. The highest BCUT2D eigenvalue weighted by molar-refractivity contribution is 9.10. The van der Waals surface area contributed by atoms with Crippen LogP contribution < -0.4 is 10.1 Å². The quantitative estimate of drug-likeness (QED) is 0.795. The van der Waals surface area contributed by atoms with Crippen LogP contribution in [0.25, 0.3) is 0 Å². The molecule has 0 saturated heterocycles. The summed E-state index contributed by atoms with van der Waals surface area (Å²) in [5, 5.41) is 2.76. The van der Waals surface area contributed by atoms with Crippen molar-refractivity contribution < 1.29 is 17.9 Å². The van der Waals surface area contributed by atoms with Crippen LogP contribution in [0.2, 0.25) is 0 Å². The third kappa shape index (κ3) is 4.20. The van der Waals surface area contributed by atoms with Crippen molar-refractivity contribution in [1.29, 1.82) is 0 Å². The number of sulfonamides is 1. The van der Waals surface area contributed by atoms with Crippen LogP contribution in [0, 0.1) is 6.92 Å². The molecule has 6 nitrogen and oxygen atoms in total. The summed E-state index contributed by atoms with van der Waals surface area (Å²) in [6.45, 7) is 1.79. The first-order chi connectivity index (χ1) is 11.7. The van der Waals surface area contributed by atoms with E-state index in [4.69, 9.17) is 4.74 Å². The fourth-order valence-corrected chi connectivity index (χ4v) is 3.46. The Labute approximate surface area is 156 Å². The van der Waals surface area contributed by atoms with E-state index in [2.05, 4.69) is 21.2 Å². The Morgan fingerprint density at radius 2 is 1.84 bits per heavy atom. The second-order valence-corrected chi connectivity index (χ2v) is 8.57. The summed E-state index contributed by atoms with van der Waals surface area (Å²) in [6, 6.07) is 9.68. The second-order valence-electron chi connectivity index (χ2n) is 5.56. The number of hydrogen-bond acceptors (Lipinski definition) is 4. The molecule has 0 saturated carbocycles. The van der Waals surface area contributed by atoms with Crippen LogP contribution in [0.15, 0.2) is 45.8 Å². The number of amides is 1. The van der Waals surface area contributed by atoms with Crippen LogP contribution in [0.1, 0.15) is 15.9 Å². The van der Waals surface area contributed by atoms with Crippen molar-refractivity contribution in [2.75, 3.05) is 26.5 Å². The van der Waals surface area contributed by atoms with Gasteiger partial charge in [-0.05, 0) is 58.7 Å². The van der Waals surface area contributed by atoms with Crippen molar-refractivity contribution in [2.45, 2.75) is 11.8 Å². The number of ether oxygens (including phenoxy) is 1. The van der Waals surface area contributed by atoms with Crippen molar-refractivity contribution >= 4 is 37.5 Å². The molecule has 0 bridgehead atoms. The molecule has 0 fully saturated rings. The van der Waals surface area contributed by atoms with Gasteiger partial charge in [-0.3, -0.25) is 4.79 Å². The third-order valence-corrected chi connectivity index (χ3v) is 6.16. The molecule has 0 spiro atoms. The number of carbonyl (C=O) groups is 1. The minimum Gasteiger partial charge on any atom is -0.497 e. The van der Waals surface area contributed by atoms with Gasteiger partial charge in [0, 0.05) is 24.3 Å². The summed E-state index contributed by atoms with van der Waals surface area (Å²) >= 11 is 3.34. The van der Waals surface area contributed by atoms with E-state index in [1.807, 2.05) is 0 Å². The first-order valence-electron chi connectivity index (χ1n) is 7.35. The van der Waals surface area contributed by atoms with Gasteiger partial charge in [0.15, 0.2) is 0 Å². The SMILES string of the molecule is COc1ccc(Br)c(C(=O)Nc2cc(S(=O)(=O)N(C)C)ccc2C)c1. The Bertz CT molecular complexity index is 911. The Hall–Kier alpha value is -1.90. The normalized spacial score (nSPS) is 11.4. The monoisotopic (exact) mass is 426 g/mol. The fraction of sp³-hybridized carbons (Fsp3) is 0.235. The molecule has 2 aromatic carbocycles. The number of aryl methyl sites for hydroxylation is 1. The highest BCUT2D eigenvalue weighted by Gasteiger charge is 2.19. The number of halogens is 1. The van der Waals surface area contributed by atoms with E-state index in [0.717, 1.165) is 9.87 Å². The topological polar surface area (TPSA) is 75.7 Å². The average molecular weight is 427 g/mol. The van der Waals surface area contributed by atoms with Gasteiger partial charge >= 0.3 is 0 Å². The fourth-order valence-electron chi connectivity index (χ4n) is 2.10. The lowest BCUT2D eigenvalue weighted by Crippen LogP contribution is -2.22. The summed E-state index contributed by atoms with van der Waals surface area (Å²) < 4.78 is 31.4. The van der Waals surface area contributed by atoms with Crippen LogP contribution in [0.5, 0.6) is 5.75 Å². The zero-order valence-corrected chi connectivity index (χ0v) is 16.7. The molecule has 0 unspecified atom stereocenters. The minimum atomic E-state index is -3.58. The maximum Gasteiger partial charge on any atom is 0.256 e. The lowest BCUT2D eigenvalue weighted by Gasteiger charge is -2.15. The van der Waals surface area contributed by atoms with Crippen molar-refractivity contribution in [3.05, 3.63) is 52.0 Å². The van der Waals surface area contributed by atoms with Crippen LogP contribution in [-0.4, -0.2) is 39.8 Å². The average Bonchev–Trinajstić information content (AvgIpc) is 2.56. The largest absolute Gasteiger partial charge is 0.497 e. The number of benzene rings is 2. The van der Waals surface area contributed by atoms with Crippen molar-refractivity contribution in [1.82, 2.24) is 4.31 Å². The number of hydrogen-bond donors (Lipinski definition) is 1. The molecule has 0 heterocycles. The predicted molar refractivity (Wildman–Crippen MR) is 101 cm³/mol. The van der Waals surface area contributed by atoms with Crippen LogP contribution in [0.4, 0.5) is 5.69 Å². The molecule has 25 heavy (non-hydrogen) atoms. The molecule has 0 aliphatic rings. The maximum absolute atomic E-state index is 12.6. The number of rotatable bonds is 5. The highest BCUT2D eigenvalue weighted by atomic mass is 79.9. The van der Waals surface area contributed by atoms with E-state index >= 15 is 0 Å². The molecule has 8 heteroatoms. The molecule has 0 aliphatic carbocycles. The zero-order chi connectivity index (χ0) is 18.8. The second kappa shape index (κ2) is 7.55. The third-order valence-electron chi connectivity index (χ3n) is 3.65. The van der Waals surface area contributed by atoms with E-state index in [1.165, 1.54) is 33.3 Å². The van der Waals surface area contributed by atoms with Gasteiger partial charge in [-0.25, -0.2) is 12.7 Å². The molecular weight excluding hydrogens is 408 g/mol. The Morgan fingerprint density at radius 3 is 2.44 bits per heavy atom. The molecule has 134 valence electrons. The molecule has 0 aliphatic heterocycles. The molecule has 0 radical (unpaired) electrons. The molecule has 1 amide bonds. The van der Waals surface area contributed by atoms with Crippen molar-refractivity contribution in [3.63, 3.8) is 0 Å². The smallest absolute Gasteiger partial charge is 0.256 e. The van der Waals surface area contributed by atoms with Gasteiger partial charge < -0.3 is 10.1 Å². The lowest BCUT2D eigenvalue weighted by molar-refractivity contribution is 0.102. The van der Waals surface area contributed by atoms with E-state index in [-0.39, 0.29) is 10.8 Å². The summed E-state index contributed by atoms with van der Waals surface area (Å²) in [5.74, 6) is 0.183. The summed E-state index contributed by atoms with van der Waals surface area (Å²) in [6.07, 6.45) is 0. The van der Waals surface area contributed by atoms with E-state index < -0.39 is 10.0 Å². The van der Waals surface area contributed by atoms with Crippen molar-refractivity contribution in [3.8, 4) is 5.75 Å². The number of nitrogens with zero attached hydrogens (tertiary/aromatic N) is 1. The molecule has 0 aromatic heterocycles. The molecular formula is C17H19BrN2O4S. The Morgan fingerprint density at radius 1 is 1.16 bits per heavy atom. The van der Waals surface area contributed by atoms with Gasteiger partial charge in [-0.15, -0.1) is 0 Å². The van der Waals surface area contributed by atoms with E-state index in [9.17, 15) is 13.2 Å².